The fourth-order valence-electron chi connectivity index (χ4n) is 2.59. The summed E-state index contributed by atoms with van der Waals surface area (Å²) in [7, 11) is 0. The molecule has 1 aliphatic carbocycles. The van der Waals surface area contributed by atoms with Gasteiger partial charge in [0.1, 0.15) is 6.29 Å². The van der Waals surface area contributed by atoms with Gasteiger partial charge in [0.05, 0.1) is 12.9 Å². The third kappa shape index (κ3) is 3.99. The van der Waals surface area contributed by atoms with E-state index in [9.17, 15) is 4.79 Å². The Labute approximate surface area is 99.1 Å². The van der Waals surface area contributed by atoms with Crippen molar-refractivity contribution < 1.29 is 9.53 Å². The van der Waals surface area contributed by atoms with Crippen molar-refractivity contribution >= 4 is 6.29 Å². The number of hydrogen-bond donors (Lipinski definition) is 0. The minimum Gasteiger partial charge on any atom is -0.501 e. The molecule has 0 spiro atoms. The Hall–Kier alpha value is -0.790. The van der Waals surface area contributed by atoms with Crippen molar-refractivity contribution in [2.45, 2.75) is 52.4 Å². The molecule has 0 heterocycles. The maximum absolute atomic E-state index is 11.0. The van der Waals surface area contributed by atoms with Gasteiger partial charge in [0.2, 0.25) is 0 Å². The molecule has 16 heavy (non-hydrogen) atoms. The molecule has 0 atom stereocenters. The molecule has 1 aliphatic rings. The first-order valence-electron chi connectivity index (χ1n) is 6.58. The van der Waals surface area contributed by atoms with E-state index in [2.05, 4.69) is 6.92 Å². The van der Waals surface area contributed by atoms with Gasteiger partial charge in [0.25, 0.3) is 0 Å². The highest BCUT2D eigenvalue weighted by molar-refractivity contribution is 5.73. The van der Waals surface area contributed by atoms with Gasteiger partial charge in [-0.15, -0.1) is 0 Å². The quantitative estimate of drug-likeness (QED) is 0.390. The van der Waals surface area contributed by atoms with Crippen LogP contribution in [0.5, 0.6) is 0 Å². The minimum absolute atomic E-state index is 0.442. The van der Waals surface area contributed by atoms with Crippen molar-refractivity contribution in [2.75, 3.05) is 6.61 Å². The molecular formula is C14H24O2. The van der Waals surface area contributed by atoms with E-state index < -0.39 is 0 Å². The standard InChI is InChI=1S/C14H24O2/c1-3-5-12-6-8-13(9-7-12)14(10-15)11-16-4-2/h10-13H,3-9H2,1-2H3/b14-11-. The molecule has 0 aromatic carbocycles. The van der Waals surface area contributed by atoms with Gasteiger partial charge in [0, 0.05) is 5.57 Å². The predicted molar refractivity (Wildman–Crippen MR) is 66.1 cm³/mol. The maximum atomic E-state index is 11.0. The van der Waals surface area contributed by atoms with Crippen LogP contribution < -0.4 is 0 Å². The van der Waals surface area contributed by atoms with Crippen LogP contribution in [0.3, 0.4) is 0 Å². The van der Waals surface area contributed by atoms with Gasteiger partial charge in [-0.3, -0.25) is 4.79 Å². The van der Waals surface area contributed by atoms with Crippen molar-refractivity contribution in [2.24, 2.45) is 11.8 Å². The van der Waals surface area contributed by atoms with Crippen molar-refractivity contribution in [3.05, 3.63) is 11.8 Å². The molecule has 0 aromatic heterocycles. The number of rotatable bonds is 6. The van der Waals surface area contributed by atoms with Crippen LogP contribution in [0.15, 0.2) is 11.8 Å². The molecule has 2 heteroatoms. The molecule has 2 nitrogen and oxygen atoms in total. The fraction of sp³-hybridized carbons (Fsp3) is 0.786. The van der Waals surface area contributed by atoms with Crippen molar-refractivity contribution in [1.29, 1.82) is 0 Å². The van der Waals surface area contributed by atoms with Crippen LogP contribution in [0.25, 0.3) is 0 Å². The zero-order valence-electron chi connectivity index (χ0n) is 10.6. The second-order valence-corrected chi connectivity index (χ2v) is 4.70. The zero-order valence-corrected chi connectivity index (χ0v) is 10.6. The van der Waals surface area contributed by atoms with Crippen LogP contribution in [0.4, 0.5) is 0 Å². The molecule has 0 aliphatic heterocycles. The summed E-state index contributed by atoms with van der Waals surface area (Å²) in [5.41, 5.74) is 0.858. The molecule has 0 N–H and O–H groups in total. The van der Waals surface area contributed by atoms with Crippen molar-refractivity contribution in [3.63, 3.8) is 0 Å². The van der Waals surface area contributed by atoms with E-state index in [1.165, 1.54) is 25.7 Å². The zero-order chi connectivity index (χ0) is 11.8. The molecule has 0 bridgehead atoms. The monoisotopic (exact) mass is 224 g/mol. The second-order valence-electron chi connectivity index (χ2n) is 4.70. The van der Waals surface area contributed by atoms with Crippen LogP contribution in [0, 0.1) is 11.8 Å². The lowest BCUT2D eigenvalue weighted by atomic mass is 9.77. The van der Waals surface area contributed by atoms with Gasteiger partial charge in [-0.25, -0.2) is 0 Å². The average Bonchev–Trinajstić information content (AvgIpc) is 2.32. The number of carbonyl (C=O) groups excluding carboxylic acids is 1. The summed E-state index contributed by atoms with van der Waals surface area (Å²) >= 11 is 0. The largest absolute Gasteiger partial charge is 0.501 e. The van der Waals surface area contributed by atoms with Gasteiger partial charge in [-0.1, -0.05) is 19.8 Å². The first-order chi connectivity index (χ1) is 7.81. The molecule has 1 rings (SSSR count). The Morgan fingerprint density at radius 2 is 1.94 bits per heavy atom. The third-order valence-electron chi connectivity index (χ3n) is 3.54. The molecule has 92 valence electrons. The molecule has 1 fully saturated rings. The summed E-state index contributed by atoms with van der Waals surface area (Å²) in [6.07, 6.45) is 10.1. The molecule has 1 saturated carbocycles. The van der Waals surface area contributed by atoms with Gasteiger partial charge in [-0.2, -0.15) is 0 Å². The van der Waals surface area contributed by atoms with Crippen molar-refractivity contribution in [3.8, 4) is 0 Å². The highest BCUT2D eigenvalue weighted by Gasteiger charge is 2.23. The third-order valence-corrected chi connectivity index (χ3v) is 3.54. The first-order valence-corrected chi connectivity index (χ1v) is 6.58. The van der Waals surface area contributed by atoms with E-state index in [0.717, 1.165) is 30.6 Å². The van der Waals surface area contributed by atoms with Gasteiger partial charge in [-0.05, 0) is 44.4 Å². The molecular weight excluding hydrogens is 200 g/mol. The summed E-state index contributed by atoms with van der Waals surface area (Å²) in [5.74, 6) is 1.33. The van der Waals surface area contributed by atoms with Gasteiger partial charge in [0.15, 0.2) is 0 Å². The molecule has 0 amide bonds. The Morgan fingerprint density at radius 1 is 1.25 bits per heavy atom. The fourth-order valence-corrected chi connectivity index (χ4v) is 2.59. The predicted octanol–water partition coefficient (Wildman–Crippen LogP) is 3.71. The van der Waals surface area contributed by atoms with Gasteiger partial charge < -0.3 is 4.74 Å². The summed E-state index contributed by atoms with van der Waals surface area (Å²) in [4.78, 5) is 11.0. The Balaban J connectivity index is 2.41. The van der Waals surface area contributed by atoms with Crippen LogP contribution in [-0.4, -0.2) is 12.9 Å². The Morgan fingerprint density at radius 3 is 2.44 bits per heavy atom. The number of ether oxygens (including phenoxy) is 1. The normalized spacial score (nSPS) is 26.5. The molecule has 0 saturated heterocycles. The SMILES string of the molecule is CCCC1CCC(/C(C=O)=C\OCC)CC1. The number of allylic oxidation sites excluding steroid dienone is 1. The topological polar surface area (TPSA) is 26.3 Å². The van der Waals surface area contributed by atoms with Crippen LogP contribution in [0.2, 0.25) is 0 Å². The van der Waals surface area contributed by atoms with Crippen LogP contribution in [-0.2, 0) is 9.53 Å². The lowest BCUT2D eigenvalue weighted by Gasteiger charge is -2.28. The first kappa shape index (κ1) is 13.3. The van der Waals surface area contributed by atoms with E-state index in [1.54, 1.807) is 6.26 Å². The van der Waals surface area contributed by atoms with Crippen LogP contribution in [0.1, 0.15) is 52.4 Å². The summed E-state index contributed by atoms with van der Waals surface area (Å²) in [6.45, 7) is 4.83. The van der Waals surface area contributed by atoms with E-state index >= 15 is 0 Å². The molecule has 0 aromatic rings. The summed E-state index contributed by atoms with van der Waals surface area (Å²) in [6, 6.07) is 0. The van der Waals surface area contributed by atoms with E-state index in [4.69, 9.17) is 4.74 Å². The lowest BCUT2D eigenvalue weighted by Crippen LogP contribution is -2.17. The van der Waals surface area contributed by atoms with Gasteiger partial charge >= 0.3 is 0 Å². The summed E-state index contributed by atoms with van der Waals surface area (Å²) < 4.78 is 5.22. The smallest absolute Gasteiger partial charge is 0.149 e. The van der Waals surface area contributed by atoms with Crippen molar-refractivity contribution in [1.82, 2.24) is 0 Å². The van der Waals surface area contributed by atoms with E-state index in [0.29, 0.717) is 12.5 Å². The van der Waals surface area contributed by atoms with E-state index in [-0.39, 0.29) is 0 Å². The molecule has 0 radical (unpaired) electrons. The average molecular weight is 224 g/mol. The highest BCUT2D eigenvalue weighted by Crippen LogP contribution is 2.34. The number of carbonyl (C=O) groups is 1. The molecule has 0 unspecified atom stereocenters. The highest BCUT2D eigenvalue weighted by atomic mass is 16.5. The number of hydrogen-bond acceptors (Lipinski definition) is 2. The second kappa shape index (κ2) is 7.48. The lowest BCUT2D eigenvalue weighted by molar-refractivity contribution is -0.105. The number of aldehydes is 1. The Kier molecular flexibility index (Phi) is 6.20. The maximum Gasteiger partial charge on any atom is 0.149 e. The van der Waals surface area contributed by atoms with Crippen LogP contribution >= 0.6 is 0 Å². The summed E-state index contributed by atoms with van der Waals surface area (Å²) in [5, 5.41) is 0. The van der Waals surface area contributed by atoms with E-state index in [1.807, 2.05) is 6.92 Å². The Bertz CT molecular complexity index is 225. The minimum atomic E-state index is 0.442.